The van der Waals surface area contributed by atoms with Crippen LogP contribution < -0.4 is 10.6 Å². The standard InChI is InChI=1S/C15H24N2O2/c1-12-8-5-6-9-13(12)17(3)11-7-10-15(2,16)14(18)19-4/h5-6,8-9H,7,10-11,16H2,1-4H3. The number of carbonyl (C=O) groups is 1. The molecule has 0 saturated carbocycles. The highest BCUT2D eigenvalue weighted by molar-refractivity contribution is 5.79. The zero-order valence-electron chi connectivity index (χ0n) is 12.3. The normalized spacial score (nSPS) is 13.7. The fourth-order valence-electron chi connectivity index (χ4n) is 2.13. The molecule has 0 saturated heterocycles. The van der Waals surface area contributed by atoms with Gasteiger partial charge >= 0.3 is 5.97 Å². The van der Waals surface area contributed by atoms with Crippen molar-refractivity contribution in [1.29, 1.82) is 0 Å². The number of hydrogen-bond acceptors (Lipinski definition) is 4. The maximum absolute atomic E-state index is 11.5. The summed E-state index contributed by atoms with van der Waals surface area (Å²) in [7, 11) is 3.42. The van der Waals surface area contributed by atoms with Crippen molar-refractivity contribution in [3.05, 3.63) is 29.8 Å². The molecule has 19 heavy (non-hydrogen) atoms. The van der Waals surface area contributed by atoms with Crippen molar-refractivity contribution in [2.24, 2.45) is 5.73 Å². The molecule has 4 nitrogen and oxygen atoms in total. The first-order valence-electron chi connectivity index (χ1n) is 6.52. The van der Waals surface area contributed by atoms with Crippen molar-refractivity contribution < 1.29 is 9.53 Å². The van der Waals surface area contributed by atoms with Crippen LogP contribution in [0.1, 0.15) is 25.3 Å². The van der Waals surface area contributed by atoms with Gasteiger partial charge in [-0.2, -0.15) is 0 Å². The molecule has 0 radical (unpaired) electrons. The van der Waals surface area contributed by atoms with Crippen LogP contribution in [-0.4, -0.2) is 32.2 Å². The number of anilines is 1. The second kappa shape index (κ2) is 6.57. The van der Waals surface area contributed by atoms with Gasteiger partial charge in [0.1, 0.15) is 5.54 Å². The number of benzene rings is 1. The Kier molecular flexibility index (Phi) is 5.36. The molecule has 1 aromatic carbocycles. The van der Waals surface area contributed by atoms with Gasteiger partial charge in [0.25, 0.3) is 0 Å². The molecule has 0 spiro atoms. The largest absolute Gasteiger partial charge is 0.468 e. The first-order valence-corrected chi connectivity index (χ1v) is 6.52. The van der Waals surface area contributed by atoms with Crippen molar-refractivity contribution in [3.63, 3.8) is 0 Å². The first-order chi connectivity index (χ1) is 8.88. The van der Waals surface area contributed by atoms with Gasteiger partial charge < -0.3 is 15.4 Å². The summed E-state index contributed by atoms with van der Waals surface area (Å²) in [4.78, 5) is 13.7. The summed E-state index contributed by atoms with van der Waals surface area (Å²) in [5.74, 6) is -0.356. The molecule has 0 aliphatic heterocycles. The SMILES string of the molecule is COC(=O)C(C)(N)CCCN(C)c1ccccc1C. The monoisotopic (exact) mass is 264 g/mol. The molecule has 0 bridgehead atoms. The van der Waals surface area contributed by atoms with Crippen LogP contribution in [0.2, 0.25) is 0 Å². The van der Waals surface area contributed by atoms with E-state index in [0.717, 1.165) is 13.0 Å². The fraction of sp³-hybridized carbons (Fsp3) is 0.533. The predicted molar refractivity (Wildman–Crippen MR) is 78.3 cm³/mol. The molecule has 1 aromatic rings. The number of aryl methyl sites for hydroxylation is 1. The fourth-order valence-corrected chi connectivity index (χ4v) is 2.13. The summed E-state index contributed by atoms with van der Waals surface area (Å²) < 4.78 is 4.70. The molecule has 0 aliphatic carbocycles. The molecule has 1 atom stereocenters. The molecule has 0 amide bonds. The van der Waals surface area contributed by atoms with Gasteiger partial charge in [-0.05, 0) is 38.3 Å². The van der Waals surface area contributed by atoms with Gasteiger partial charge in [-0.3, -0.25) is 4.79 Å². The van der Waals surface area contributed by atoms with Crippen LogP contribution in [-0.2, 0) is 9.53 Å². The maximum Gasteiger partial charge on any atom is 0.325 e. The average Bonchev–Trinajstić information content (AvgIpc) is 2.37. The average molecular weight is 264 g/mol. The number of hydrogen-bond donors (Lipinski definition) is 1. The molecular weight excluding hydrogens is 240 g/mol. The number of carbonyl (C=O) groups excluding carboxylic acids is 1. The Labute approximate surface area is 115 Å². The summed E-state index contributed by atoms with van der Waals surface area (Å²) in [6.45, 7) is 4.66. The summed E-state index contributed by atoms with van der Waals surface area (Å²) in [6.07, 6.45) is 1.45. The topological polar surface area (TPSA) is 55.6 Å². The van der Waals surface area contributed by atoms with Crippen molar-refractivity contribution in [3.8, 4) is 0 Å². The Balaban J connectivity index is 2.50. The van der Waals surface area contributed by atoms with Gasteiger partial charge in [0.05, 0.1) is 7.11 Å². The Hall–Kier alpha value is -1.55. The van der Waals surface area contributed by atoms with Gasteiger partial charge in [-0.15, -0.1) is 0 Å². The lowest BCUT2D eigenvalue weighted by Gasteiger charge is -2.25. The molecule has 106 valence electrons. The zero-order valence-corrected chi connectivity index (χ0v) is 12.3. The van der Waals surface area contributed by atoms with E-state index < -0.39 is 5.54 Å². The number of methoxy groups -OCH3 is 1. The molecule has 4 heteroatoms. The van der Waals surface area contributed by atoms with Gasteiger partial charge in [0.15, 0.2) is 0 Å². The number of para-hydroxylation sites is 1. The smallest absolute Gasteiger partial charge is 0.325 e. The first kappa shape index (κ1) is 15.5. The number of rotatable bonds is 6. The minimum Gasteiger partial charge on any atom is -0.468 e. The van der Waals surface area contributed by atoms with Crippen molar-refractivity contribution in [1.82, 2.24) is 0 Å². The summed E-state index contributed by atoms with van der Waals surface area (Å²) in [5, 5.41) is 0. The van der Waals surface area contributed by atoms with E-state index in [2.05, 4.69) is 24.0 Å². The Morgan fingerprint density at radius 2 is 2.05 bits per heavy atom. The lowest BCUT2D eigenvalue weighted by atomic mass is 9.97. The third kappa shape index (κ3) is 4.24. The lowest BCUT2D eigenvalue weighted by Crippen LogP contribution is -2.46. The molecule has 2 N–H and O–H groups in total. The van der Waals surface area contributed by atoms with Gasteiger partial charge in [-0.1, -0.05) is 18.2 Å². The lowest BCUT2D eigenvalue weighted by molar-refractivity contribution is -0.146. The van der Waals surface area contributed by atoms with E-state index in [0.29, 0.717) is 6.42 Å². The number of nitrogens with two attached hydrogens (primary N) is 1. The summed E-state index contributed by atoms with van der Waals surface area (Å²) in [5.41, 5.74) is 7.48. The third-order valence-corrected chi connectivity index (χ3v) is 3.37. The molecule has 0 fully saturated rings. The molecule has 0 aliphatic rings. The molecular formula is C15H24N2O2. The Morgan fingerprint density at radius 3 is 2.63 bits per heavy atom. The van der Waals surface area contributed by atoms with E-state index in [1.54, 1.807) is 6.92 Å². The van der Waals surface area contributed by atoms with E-state index in [-0.39, 0.29) is 5.97 Å². The van der Waals surface area contributed by atoms with Crippen LogP contribution in [0.3, 0.4) is 0 Å². The molecule has 1 rings (SSSR count). The highest BCUT2D eigenvalue weighted by Crippen LogP contribution is 2.19. The minimum absolute atomic E-state index is 0.356. The van der Waals surface area contributed by atoms with Crippen LogP contribution in [0.5, 0.6) is 0 Å². The predicted octanol–water partition coefficient (Wildman–Crippen LogP) is 2.10. The van der Waals surface area contributed by atoms with E-state index >= 15 is 0 Å². The number of esters is 1. The van der Waals surface area contributed by atoms with Crippen molar-refractivity contribution >= 4 is 11.7 Å². The van der Waals surface area contributed by atoms with E-state index in [4.69, 9.17) is 10.5 Å². The summed E-state index contributed by atoms with van der Waals surface area (Å²) in [6, 6.07) is 8.24. The van der Waals surface area contributed by atoms with E-state index in [9.17, 15) is 4.79 Å². The second-order valence-electron chi connectivity index (χ2n) is 5.22. The van der Waals surface area contributed by atoms with Crippen LogP contribution >= 0.6 is 0 Å². The molecule has 1 unspecified atom stereocenters. The van der Waals surface area contributed by atoms with Crippen LogP contribution in [0.15, 0.2) is 24.3 Å². The van der Waals surface area contributed by atoms with Gasteiger partial charge in [0.2, 0.25) is 0 Å². The quantitative estimate of drug-likeness (QED) is 0.799. The van der Waals surface area contributed by atoms with Gasteiger partial charge in [-0.25, -0.2) is 0 Å². The van der Waals surface area contributed by atoms with Crippen LogP contribution in [0.4, 0.5) is 5.69 Å². The van der Waals surface area contributed by atoms with Crippen LogP contribution in [0, 0.1) is 6.92 Å². The van der Waals surface area contributed by atoms with Crippen molar-refractivity contribution in [2.75, 3.05) is 25.6 Å². The maximum atomic E-state index is 11.5. The minimum atomic E-state index is -0.901. The highest BCUT2D eigenvalue weighted by Gasteiger charge is 2.28. The summed E-state index contributed by atoms with van der Waals surface area (Å²) >= 11 is 0. The third-order valence-electron chi connectivity index (χ3n) is 3.37. The van der Waals surface area contributed by atoms with Crippen molar-refractivity contribution in [2.45, 2.75) is 32.2 Å². The highest BCUT2D eigenvalue weighted by atomic mass is 16.5. The number of nitrogens with zero attached hydrogens (tertiary/aromatic N) is 1. The molecule has 0 heterocycles. The van der Waals surface area contributed by atoms with Gasteiger partial charge in [0, 0.05) is 19.3 Å². The van der Waals surface area contributed by atoms with E-state index in [1.165, 1.54) is 18.4 Å². The number of ether oxygens (including phenoxy) is 1. The zero-order chi connectivity index (χ0) is 14.5. The molecule has 0 aromatic heterocycles. The second-order valence-corrected chi connectivity index (χ2v) is 5.22. The van der Waals surface area contributed by atoms with Crippen LogP contribution in [0.25, 0.3) is 0 Å². The Bertz CT molecular complexity index is 430. The van der Waals surface area contributed by atoms with E-state index in [1.807, 2.05) is 19.2 Å². The Morgan fingerprint density at radius 1 is 1.42 bits per heavy atom.